The summed E-state index contributed by atoms with van der Waals surface area (Å²) in [6, 6.07) is 17.8. The fraction of sp³-hybridized carbons (Fsp3) is 0.552. The van der Waals surface area contributed by atoms with E-state index in [1.54, 1.807) is 0 Å². The fourth-order valence-electron chi connectivity index (χ4n) is 5.91. The van der Waals surface area contributed by atoms with Gasteiger partial charge in [-0.05, 0) is 48.6 Å². The quantitative estimate of drug-likeness (QED) is 0.568. The second-order valence-electron chi connectivity index (χ2n) is 10.5. The Kier molecular flexibility index (Phi) is 8.43. The van der Waals surface area contributed by atoms with Crippen molar-refractivity contribution in [2.75, 3.05) is 44.6 Å². The third-order valence-corrected chi connectivity index (χ3v) is 8.49. The lowest BCUT2D eigenvalue weighted by atomic mass is 9.88. The highest BCUT2D eigenvalue weighted by atomic mass is 79.9. The molecule has 1 saturated heterocycles. The molecule has 0 unspecified atom stereocenters. The Hall–Kier alpha value is -1.89. The van der Waals surface area contributed by atoms with Crippen LogP contribution in [0.3, 0.4) is 0 Å². The summed E-state index contributed by atoms with van der Waals surface area (Å²) in [5.74, 6) is 0.482. The Balaban J connectivity index is 1.29. The predicted octanol–water partition coefficient (Wildman–Crippen LogP) is 5.36. The molecule has 3 aliphatic rings. The number of hydrogen-bond donors (Lipinski definition) is 1. The molecule has 2 aromatic rings. The summed E-state index contributed by atoms with van der Waals surface area (Å²) < 4.78 is 1.07. The van der Waals surface area contributed by atoms with E-state index in [9.17, 15) is 4.79 Å². The van der Waals surface area contributed by atoms with Gasteiger partial charge >= 0.3 is 0 Å². The molecule has 0 aromatic heterocycles. The maximum Gasteiger partial charge on any atom is 0.228 e. The van der Waals surface area contributed by atoms with Crippen molar-refractivity contribution in [3.63, 3.8) is 0 Å². The zero-order chi connectivity index (χ0) is 24.0. The van der Waals surface area contributed by atoms with Crippen LogP contribution >= 0.6 is 15.9 Å². The topological polar surface area (TPSA) is 38.8 Å². The summed E-state index contributed by atoms with van der Waals surface area (Å²) >= 11 is 3.65. The minimum atomic E-state index is 0.146. The van der Waals surface area contributed by atoms with Crippen LogP contribution in [0.1, 0.15) is 49.7 Å². The smallest absolute Gasteiger partial charge is 0.228 e. The molecule has 2 fully saturated rings. The maximum absolute atomic E-state index is 13.8. The molecule has 2 heterocycles. The third kappa shape index (κ3) is 6.46. The highest BCUT2D eigenvalue weighted by molar-refractivity contribution is 9.10. The minimum Gasteiger partial charge on any atom is -0.385 e. The Morgan fingerprint density at radius 3 is 2.54 bits per heavy atom. The number of nitrogens with zero attached hydrogens (tertiary/aromatic N) is 3. The first-order valence-electron chi connectivity index (χ1n) is 13.5. The number of halogens is 1. The standard InChI is InChI=1S/C29H39BrN4O/c30-26-12-13-28-24(18-26)20-33(29(35)25-21-34(22-25)27-10-5-2-6-11-27)17-16-32(15-7-14-31-28)19-23-8-3-1-4-9-23/h1,3-4,8-9,12-13,18,25,27,31H,2,5-7,10-11,14-17,19-22H2. The fourth-order valence-corrected chi connectivity index (χ4v) is 6.32. The summed E-state index contributed by atoms with van der Waals surface area (Å²) in [6.07, 6.45) is 7.78. The lowest BCUT2D eigenvalue weighted by Crippen LogP contribution is -2.58. The summed E-state index contributed by atoms with van der Waals surface area (Å²) in [5.41, 5.74) is 3.69. The number of amides is 1. The number of carbonyl (C=O) groups excluding carboxylic acids is 1. The van der Waals surface area contributed by atoms with E-state index in [4.69, 9.17) is 0 Å². The van der Waals surface area contributed by atoms with Crippen LogP contribution in [0.2, 0.25) is 0 Å². The first-order chi connectivity index (χ1) is 17.2. The van der Waals surface area contributed by atoms with Crippen molar-refractivity contribution >= 4 is 27.5 Å². The lowest BCUT2D eigenvalue weighted by molar-refractivity contribution is -0.143. The molecule has 2 aromatic carbocycles. The summed E-state index contributed by atoms with van der Waals surface area (Å²) in [7, 11) is 0. The van der Waals surface area contributed by atoms with Crippen molar-refractivity contribution in [2.45, 2.75) is 57.7 Å². The Labute approximate surface area is 219 Å². The molecule has 1 amide bonds. The second-order valence-corrected chi connectivity index (χ2v) is 11.5. The number of nitrogens with one attached hydrogen (secondary N) is 1. The molecule has 5 rings (SSSR count). The van der Waals surface area contributed by atoms with Crippen molar-refractivity contribution in [2.24, 2.45) is 5.92 Å². The number of hydrogen-bond acceptors (Lipinski definition) is 4. The van der Waals surface area contributed by atoms with E-state index in [1.165, 1.54) is 43.2 Å². The van der Waals surface area contributed by atoms with Crippen LogP contribution in [-0.2, 0) is 17.9 Å². The summed E-state index contributed by atoms with van der Waals surface area (Å²) in [5, 5.41) is 3.65. The molecule has 1 aliphatic carbocycles. The van der Waals surface area contributed by atoms with E-state index < -0.39 is 0 Å². The molecule has 0 bridgehead atoms. The maximum atomic E-state index is 13.8. The van der Waals surface area contributed by atoms with Gasteiger partial charge in [0.05, 0.1) is 5.92 Å². The van der Waals surface area contributed by atoms with E-state index in [0.29, 0.717) is 18.5 Å². The molecular weight excluding hydrogens is 500 g/mol. The molecule has 6 heteroatoms. The molecule has 188 valence electrons. The average molecular weight is 540 g/mol. The van der Waals surface area contributed by atoms with E-state index in [0.717, 1.165) is 62.4 Å². The Bertz CT molecular complexity index is 972. The summed E-state index contributed by atoms with van der Waals surface area (Å²) in [6.45, 7) is 7.12. The molecule has 5 nitrogen and oxygen atoms in total. The van der Waals surface area contributed by atoms with Gasteiger partial charge in [-0.1, -0.05) is 65.5 Å². The zero-order valence-electron chi connectivity index (χ0n) is 20.8. The van der Waals surface area contributed by atoms with Gasteiger partial charge in [0.2, 0.25) is 5.91 Å². The van der Waals surface area contributed by atoms with Crippen molar-refractivity contribution < 1.29 is 4.79 Å². The van der Waals surface area contributed by atoms with Gasteiger partial charge in [0.1, 0.15) is 0 Å². The summed E-state index contributed by atoms with van der Waals surface area (Å²) in [4.78, 5) is 21.0. The van der Waals surface area contributed by atoms with Crippen LogP contribution in [0.5, 0.6) is 0 Å². The Morgan fingerprint density at radius 1 is 0.943 bits per heavy atom. The van der Waals surface area contributed by atoms with Gasteiger partial charge in [-0.25, -0.2) is 0 Å². The number of benzene rings is 2. The number of likely N-dealkylation sites (tertiary alicyclic amines) is 1. The molecule has 1 N–H and O–H groups in total. The molecule has 0 spiro atoms. The van der Waals surface area contributed by atoms with Crippen LogP contribution in [0.4, 0.5) is 5.69 Å². The number of fused-ring (bicyclic) bond motifs is 1. The average Bonchev–Trinajstić information content (AvgIpc) is 2.88. The highest BCUT2D eigenvalue weighted by Gasteiger charge is 2.39. The third-order valence-electron chi connectivity index (χ3n) is 7.99. The van der Waals surface area contributed by atoms with E-state index in [-0.39, 0.29) is 5.92 Å². The van der Waals surface area contributed by atoms with Gasteiger partial charge in [0.15, 0.2) is 0 Å². The van der Waals surface area contributed by atoms with Gasteiger partial charge in [0, 0.05) is 68.6 Å². The predicted molar refractivity (Wildman–Crippen MR) is 146 cm³/mol. The van der Waals surface area contributed by atoms with E-state index >= 15 is 0 Å². The highest BCUT2D eigenvalue weighted by Crippen LogP contribution is 2.30. The van der Waals surface area contributed by atoms with Crippen molar-refractivity contribution in [3.8, 4) is 0 Å². The van der Waals surface area contributed by atoms with Gasteiger partial charge in [0.25, 0.3) is 0 Å². The van der Waals surface area contributed by atoms with Gasteiger partial charge < -0.3 is 10.2 Å². The van der Waals surface area contributed by atoms with E-state index in [2.05, 4.69) is 84.5 Å². The van der Waals surface area contributed by atoms with Gasteiger partial charge in [-0.2, -0.15) is 0 Å². The van der Waals surface area contributed by atoms with Gasteiger partial charge in [-0.15, -0.1) is 0 Å². The lowest BCUT2D eigenvalue weighted by Gasteiger charge is -2.46. The van der Waals surface area contributed by atoms with Crippen molar-refractivity contribution in [1.29, 1.82) is 0 Å². The molecule has 35 heavy (non-hydrogen) atoms. The van der Waals surface area contributed by atoms with Crippen LogP contribution in [-0.4, -0.2) is 65.9 Å². The zero-order valence-corrected chi connectivity index (χ0v) is 22.4. The monoisotopic (exact) mass is 538 g/mol. The van der Waals surface area contributed by atoms with Crippen LogP contribution in [0, 0.1) is 5.92 Å². The van der Waals surface area contributed by atoms with Crippen LogP contribution < -0.4 is 5.32 Å². The number of anilines is 1. The van der Waals surface area contributed by atoms with Crippen LogP contribution in [0.25, 0.3) is 0 Å². The van der Waals surface area contributed by atoms with E-state index in [1.807, 2.05) is 0 Å². The van der Waals surface area contributed by atoms with Crippen molar-refractivity contribution in [3.05, 3.63) is 64.1 Å². The molecule has 1 saturated carbocycles. The first-order valence-corrected chi connectivity index (χ1v) is 14.3. The van der Waals surface area contributed by atoms with Gasteiger partial charge in [-0.3, -0.25) is 14.6 Å². The second kappa shape index (κ2) is 11.9. The minimum absolute atomic E-state index is 0.146. The van der Waals surface area contributed by atoms with Crippen LogP contribution in [0.15, 0.2) is 53.0 Å². The number of carbonyl (C=O) groups is 1. The Morgan fingerprint density at radius 2 is 1.74 bits per heavy atom. The molecular formula is C29H39BrN4O. The largest absolute Gasteiger partial charge is 0.385 e. The molecule has 2 aliphatic heterocycles. The SMILES string of the molecule is O=C(C1CN(C2CCCCC2)C1)N1CCN(Cc2ccccc2)CCCNc2ccc(Br)cc2C1. The first kappa shape index (κ1) is 24.8. The molecule has 0 radical (unpaired) electrons. The van der Waals surface area contributed by atoms with Crippen molar-refractivity contribution in [1.82, 2.24) is 14.7 Å². The number of rotatable bonds is 4. The normalized spacial score (nSPS) is 21.5. The molecule has 0 atom stereocenters.